The van der Waals surface area contributed by atoms with Crippen molar-refractivity contribution in [3.05, 3.63) is 71.3 Å². The molecule has 2 heteroatoms. The van der Waals surface area contributed by atoms with Crippen LogP contribution in [0.4, 0.5) is 0 Å². The Kier molecular flexibility index (Phi) is 4.13. The summed E-state index contributed by atoms with van der Waals surface area (Å²) in [6, 6.07) is 18.3. The molecule has 0 saturated carbocycles. The van der Waals surface area contributed by atoms with Gasteiger partial charge in [-0.3, -0.25) is 0 Å². The maximum absolute atomic E-state index is 5.36. The number of nitrogens with zero attached hydrogens (tertiary/aromatic N) is 1. The van der Waals surface area contributed by atoms with Gasteiger partial charge < -0.3 is 4.84 Å². The van der Waals surface area contributed by atoms with Crippen LogP contribution in [0.1, 0.15) is 23.6 Å². The van der Waals surface area contributed by atoms with Crippen molar-refractivity contribution in [1.29, 1.82) is 0 Å². The van der Waals surface area contributed by atoms with Gasteiger partial charge in [-0.05, 0) is 25.0 Å². The molecule has 0 fully saturated rings. The molecule has 0 amide bonds. The summed E-state index contributed by atoms with van der Waals surface area (Å²) in [5.74, 6) is 0. The van der Waals surface area contributed by atoms with E-state index in [9.17, 15) is 0 Å². The Morgan fingerprint density at radius 3 is 2.56 bits per heavy atom. The summed E-state index contributed by atoms with van der Waals surface area (Å²) in [6.07, 6.45) is 0. The molecule has 0 N–H and O–H groups in total. The summed E-state index contributed by atoms with van der Waals surface area (Å²) >= 11 is 0. The van der Waals surface area contributed by atoms with Gasteiger partial charge in [-0.15, -0.1) is 0 Å². The van der Waals surface area contributed by atoms with Crippen molar-refractivity contribution in [2.24, 2.45) is 5.16 Å². The lowest BCUT2D eigenvalue weighted by molar-refractivity contribution is 0.130. The highest BCUT2D eigenvalue weighted by Gasteiger charge is 1.98. The van der Waals surface area contributed by atoms with E-state index in [1.165, 1.54) is 5.56 Å². The fourth-order valence-electron chi connectivity index (χ4n) is 1.70. The van der Waals surface area contributed by atoms with E-state index >= 15 is 0 Å². The first-order valence-corrected chi connectivity index (χ1v) is 6.03. The SMILES string of the molecule is CC(=NOCc1ccccc1)c1cccc(C)c1. The van der Waals surface area contributed by atoms with Crippen molar-refractivity contribution >= 4 is 5.71 Å². The van der Waals surface area contributed by atoms with Gasteiger partial charge in [0, 0.05) is 0 Å². The zero-order valence-electron chi connectivity index (χ0n) is 10.8. The van der Waals surface area contributed by atoms with E-state index in [0.717, 1.165) is 16.8 Å². The standard InChI is InChI=1S/C16H17NO/c1-13-7-6-10-16(11-13)14(2)17-18-12-15-8-4-3-5-9-15/h3-11H,12H2,1-2H3. The normalized spacial score (nSPS) is 11.3. The van der Waals surface area contributed by atoms with Gasteiger partial charge in [-0.2, -0.15) is 0 Å². The molecular weight excluding hydrogens is 222 g/mol. The molecule has 0 spiro atoms. The van der Waals surface area contributed by atoms with Gasteiger partial charge in [-0.25, -0.2) is 0 Å². The molecule has 2 rings (SSSR count). The molecule has 0 atom stereocenters. The van der Waals surface area contributed by atoms with Crippen LogP contribution in [-0.4, -0.2) is 5.71 Å². The molecule has 2 nitrogen and oxygen atoms in total. The van der Waals surface area contributed by atoms with Crippen LogP contribution in [0.15, 0.2) is 59.8 Å². The maximum Gasteiger partial charge on any atom is 0.142 e. The van der Waals surface area contributed by atoms with E-state index in [-0.39, 0.29) is 0 Å². The van der Waals surface area contributed by atoms with Crippen molar-refractivity contribution in [3.8, 4) is 0 Å². The Morgan fingerprint density at radius 2 is 1.83 bits per heavy atom. The van der Waals surface area contributed by atoms with Crippen LogP contribution in [0.2, 0.25) is 0 Å². The quantitative estimate of drug-likeness (QED) is 0.585. The first kappa shape index (κ1) is 12.4. The van der Waals surface area contributed by atoms with Crippen LogP contribution in [0.5, 0.6) is 0 Å². The number of aryl methyl sites for hydroxylation is 1. The second-order valence-corrected chi connectivity index (χ2v) is 4.31. The van der Waals surface area contributed by atoms with Gasteiger partial charge in [0.15, 0.2) is 0 Å². The van der Waals surface area contributed by atoms with Crippen LogP contribution in [0, 0.1) is 6.92 Å². The van der Waals surface area contributed by atoms with Crippen LogP contribution in [-0.2, 0) is 11.4 Å². The van der Waals surface area contributed by atoms with Gasteiger partial charge in [0.05, 0.1) is 5.71 Å². The minimum Gasteiger partial charge on any atom is -0.391 e. The van der Waals surface area contributed by atoms with Gasteiger partial charge >= 0.3 is 0 Å². The highest BCUT2D eigenvalue weighted by molar-refractivity contribution is 5.98. The molecule has 2 aromatic carbocycles. The molecule has 0 aromatic heterocycles. The molecule has 0 aliphatic heterocycles. The zero-order valence-corrected chi connectivity index (χ0v) is 10.8. The third-order valence-corrected chi connectivity index (χ3v) is 2.71. The largest absolute Gasteiger partial charge is 0.391 e. The number of hydrogen-bond acceptors (Lipinski definition) is 2. The first-order valence-electron chi connectivity index (χ1n) is 6.03. The maximum atomic E-state index is 5.36. The number of hydrogen-bond donors (Lipinski definition) is 0. The summed E-state index contributed by atoms with van der Waals surface area (Å²) in [6.45, 7) is 4.53. The third-order valence-electron chi connectivity index (χ3n) is 2.71. The van der Waals surface area contributed by atoms with Crippen LogP contribution in [0.25, 0.3) is 0 Å². The molecule has 0 saturated heterocycles. The van der Waals surface area contributed by atoms with Crippen LogP contribution < -0.4 is 0 Å². The molecule has 0 unspecified atom stereocenters. The fraction of sp³-hybridized carbons (Fsp3) is 0.188. The highest BCUT2D eigenvalue weighted by atomic mass is 16.6. The predicted molar refractivity (Wildman–Crippen MR) is 74.6 cm³/mol. The molecular formula is C16H17NO. The smallest absolute Gasteiger partial charge is 0.142 e. The fourth-order valence-corrected chi connectivity index (χ4v) is 1.70. The Labute approximate surface area is 108 Å². The third kappa shape index (κ3) is 3.45. The average Bonchev–Trinajstić information content (AvgIpc) is 2.40. The van der Waals surface area contributed by atoms with Crippen molar-refractivity contribution in [2.75, 3.05) is 0 Å². The zero-order chi connectivity index (χ0) is 12.8. The minimum absolute atomic E-state index is 0.504. The number of benzene rings is 2. The van der Waals surface area contributed by atoms with E-state index in [1.807, 2.05) is 49.4 Å². The highest BCUT2D eigenvalue weighted by Crippen LogP contribution is 2.07. The monoisotopic (exact) mass is 239 g/mol. The van der Waals surface area contributed by atoms with Gasteiger partial charge in [0.2, 0.25) is 0 Å². The second kappa shape index (κ2) is 6.01. The Morgan fingerprint density at radius 1 is 1.06 bits per heavy atom. The number of rotatable bonds is 4. The molecule has 0 bridgehead atoms. The lowest BCUT2D eigenvalue weighted by atomic mass is 10.1. The van der Waals surface area contributed by atoms with Gasteiger partial charge in [0.25, 0.3) is 0 Å². The number of oxime groups is 1. The molecule has 0 aliphatic rings. The van der Waals surface area contributed by atoms with E-state index in [0.29, 0.717) is 6.61 Å². The van der Waals surface area contributed by atoms with E-state index < -0.39 is 0 Å². The lowest BCUT2D eigenvalue weighted by Crippen LogP contribution is -1.97. The van der Waals surface area contributed by atoms with Crippen molar-refractivity contribution in [2.45, 2.75) is 20.5 Å². The molecule has 0 radical (unpaired) electrons. The summed E-state index contributed by atoms with van der Waals surface area (Å²) in [5, 5.41) is 4.15. The first-order chi connectivity index (χ1) is 8.75. The van der Waals surface area contributed by atoms with E-state index in [4.69, 9.17) is 4.84 Å². The molecule has 18 heavy (non-hydrogen) atoms. The van der Waals surface area contributed by atoms with Crippen LogP contribution >= 0.6 is 0 Å². The average molecular weight is 239 g/mol. The minimum atomic E-state index is 0.504. The topological polar surface area (TPSA) is 21.6 Å². The predicted octanol–water partition coefficient (Wildman–Crippen LogP) is 3.94. The molecule has 92 valence electrons. The van der Waals surface area contributed by atoms with Crippen LogP contribution in [0.3, 0.4) is 0 Å². The second-order valence-electron chi connectivity index (χ2n) is 4.31. The molecule has 2 aromatic rings. The van der Waals surface area contributed by atoms with E-state index in [1.54, 1.807) is 0 Å². The van der Waals surface area contributed by atoms with Crippen molar-refractivity contribution in [3.63, 3.8) is 0 Å². The summed E-state index contributed by atoms with van der Waals surface area (Å²) in [5.41, 5.74) is 4.35. The van der Waals surface area contributed by atoms with Gasteiger partial charge in [-0.1, -0.05) is 65.3 Å². The summed E-state index contributed by atoms with van der Waals surface area (Å²) in [7, 11) is 0. The Balaban J connectivity index is 1.97. The lowest BCUT2D eigenvalue weighted by Gasteiger charge is -2.03. The summed E-state index contributed by atoms with van der Waals surface area (Å²) in [4.78, 5) is 5.36. The Hall–Kier alpha value is -2.09. The van der Waals surface area contributed by atoms with E-state index in [2.05, 4.69) is 24.2 Å². The molecule has 0 aliphatic carbocycles. The van der Waals surface area contributed by atoms with Crippen molar-refractivity contribution in [1.82, 2.24) is 0 Å². The van der Waals surface area contributed by atoms with Crippen molar-refractivity contribution < 1.29 is 4.84 Å². The summed E-state index contributed by atoms with van der Waals surface area (Å²) < 4.78 is 0. The Bertz CT molecular complexity index is 532. The molecule has 0 heterocycles. The van der Waals surface area contributed by atoms with Gasteiger partial charge in [0.1, 0.15) is 6.61 Å².